The highest BCUT2D eigenvalue weighted by molar-refractivity contribution is 7.89. The molecule has 0 unspecified atom stereocenters. The number of piperazine rings is 1. The van der Waals surface area contributed by atoms with Crippen LogP contribution in [-0.2, 0) is 16.4 Å². The summed E-state index contributed by atoms with van der Waals surface area (Å²) in [6.07, 6.45) is 3.26. The van der Waals surface area contributed by atoms with Crippen LogP contribution in [0.2, 0.25) is 0 Å². The normalized spacial score (nSPS) is 15.7. The van der Waals surface area contributed by atoms with Crippen LogP contribution in [-0.4, -0.2) is 72.4 Å². The maximum absolute atomic E-state index is 13.3. The van der Waals surface area contributed by atoms with E-state index in [0.29, 0.717) is 49.6 Å². The summed E-state index contributed by atoms with van der Waals surface area (Å²) in [6, 6.07) is 6.58. The molecule has 0 spiro atoms. The van der Waals surface area contributed by atoms with Crippen LogP contribution in [0.3, 0.4) is 0 Å². The smallest absolute Gasteiger partial charge is 0.277 e. The van der Waals surface area contributed by atoms with E-state index in [2.05, 4.69) is 21.8 Å². The van der Waals surface area contributed by atoms with Crippen molar-refractivity contribution in [3.63, 3.8) is 0 Å². The van der Waals surface area contributed by atoms with Crippen LogP contribution in [0.4, 0.5) is 0 Å². The molecule has 1 saturated heterocycles. The van der Waals surface area contributed by atoms with Crippen LogP contribution in [0.25, 0.3) is 22.4 Å². The largest absolute Gasteiger partial charge is 0.493 e. The fourth-order valence-electron chi connectivity index (χ4n) is 4.00. The summed E-state index contributed by atoms with van der Waals surface area (Å²) < 4.78 is 33.9. The molecule has 33 heavy (non-hydrogen) atoms. The molecule has 0 aliphatic carbocycles. The van der Waals surface area contributed by atoms with Gasteiger partial charge in [0.15, 0.2) is 5.52 Å². The maximum atomic E-state index is 13.3. The summed E-state index contributed by atoms with van der Waals surface area (Å²) in [6.45, 7) is 6.50. The van der Waals surface area contributed by atoms with Crippen LogP contribution in [0, 0.1) is 0 Å². The zero-order valence-electron chi connectivity index (χ0n) is 19.2. The molecular weight excluding hydrogens is 442 g/mol. The first-order valence-electron chi connectivity index (χ1n) is 11.2. The molecule has 4 rings (SSSR count). The number of sulfonamides is 1. The van der Waals surface area contributed by atoms with Crippen LogP contribution in [0.15, 0.2) is 40.2 Å². The Kier molecular flexibility index (Phi) is 6.78. The number of aromatic amines is 1. The van der Waals surface area contributed by atoms with Crippen molar-refractivity contribution in [2.45, 2.75) is 31.6 Å². The molecule has 3 heterocycles. The number of aryl methyl sites for hydroxylation is 1. The zero-order chi connectivity index (χ0) is 23.6. The molecule has 1 aromatic carbocycles. The summed E-state index contributed by atoms with van der Waals surface area (Å²) in [5.41, 5.74) is 1.77. The standard InChI is InChI=1S/C23H29N5O4S/c1-4-6-16-9-10-24-21-20(16)25-22(26-23(21)29)18-15-17(7-8-19(18)32-5-2)33(30,31)28-13-11-27(3)12-14-28/h7-10,15H,4-6,11-14H2,1-3H3,(H,25,26,29). The summed E-state index contributed by atoms with van der Waals surface area (Å²) in [5.74, 6) is 0.718. The molecule has 0 amide bonds. The minimum Gasteiger partial charge on any atom is -0.493 e. The average Bonchev–Trinajstić information content (AvgIpc) is 2.80. The van der Waals surface area contributed by atoms with Crippen LogP contribution in [0.1, 0.15) is 25.8 Å². The fraction of sp³-hybridized carbons (Fsp3) is 0.435. The second-order valence-electron chi connectivity index (χ2n) is 8.13. The van der Waals surface area contributed by atoms with Crippen LogP contribution in [0.5, 0.6) is 5.75 Å². The van der Waals surface area contributed by atoms with Gasteiger partial charge in [-0.25, -0.2) is 18.4 Å². The highest BCUT2D eigenvalue weighted by Gasteiger charge is 2.28. The van der Waals surface area contributed by atoms with Gasteiger partial charge in [0.05, 0.1) is 17.1 Å². The Morgan fingerprint density at radius 2 is 1.85 bits per heavy atom. The highest BCUT2D eigenvalue weighted by Crippen LogP contribution is 2.32. The van der Waals surface area contributed by atoms with Crippen molar-refractivity contribution < 1.29 is 13.2 Å². The molecule has 1 fully saturated rings. The number of ether oxygens (including phenoxy) is 1. The number of nitrogens with one attached hydrogen (secondary N) is 1. The van der Waals surface area contributed by atoms with Gasteiger partial charge in [0.2, 0.25) is 10.0 Å². The first-order valence-corrected chi connectivity index (χ1v) is 12.6. The Morgan fingerprint density at radius 3 is 2.55 bits per heavy atom. The zero-order valence-corrected chi connectivity index (χ0v) is 20.0. The molecule has 1 aliphatic rings. The number of hydrogen-bond acceptors (Lipinski definition) is 7. The van der Waals surface area contributed by atoms with Crippen LogP contribution >= 0.6 is 0 Å². The van der Waals surface area contributed by atoms with Crippen molar-refractivity contribution >= 4 is 21.1 Å². The molecule has 0 radical (unpaired) electrons. The van der Waals surface area contributed by atoms with E-state index < -0.39 is 10.0 Å². The lowest BCUT2D eigenvalue weighted by molar-refractivity contribution is 0.222. The molecule has 3 aromatic rings. The van der Waals surface area contributed by atoms with Gasteiger partial charge in [0.1, 0.15) is 17.1 Å². The van der Waals surface area contributed by atoms with Gasteiger partial charge in [0, 0.05) is 32.4 Å². The van der Waals surface area contributed by atoms with Gasteiger partial charge in [-0.15, -0.1) is 0 Å². The molecule has 1 aliphatic heterocycles. The molecule has 1 N–H and O–H groups in total. The Morgan fingerprint density at radius 1 is 1.09 bits per heavy atom. The maximum Gasteiger partial charge on any atom is 0.277 e. The van der Waals surface area contributed by atoms with Crippen molar-refractivity contribution in [1.29, 1.82) is 0 Å². The Hall–Kier alpha value is -2.82. The number of rotatable bonds is 7. The van der Waals surface area contributed by atoms with E-state index in [1.165, 1.54) is 4.31 Å². The average molecular weight is 472 g/mol. The Labute approximate surface area is 193 Å². The first kappa shape index (κ1) is 23.3. The lowest BCUT2D eigenvalue weighted by Crippen LogP contribution is -2.47. The van der Waals surface area contributed by atoms with Crippen LogP contribution < -0.4 is 10.3 Å². The minimum atomic E-state index is -3.70. The van der Waals surface area contributed by atoms with Gasteiger partial charge < -0.3 is 14.6 Å². The van der Waals surface area contributed by atoms with E-state index in [-0.39, 0.29) is 21.8 Å². The van der Waals surface area contributed by atoms with Gasteiger partial charge in [-0.3, -0.25) is 4.79 Å². The van der Waals surface area contributed by atoms with E-state index in [9.17, 15) is 13.2 Å². The molecule has 0 atom stereocenters. The first-order chi connectivity index (χ1) is 15.8. The van der Waals surface area contributed by atoms with E-state index in [1.54, 1.807) is 24.4 Å². The quantitative estimate of drug-likeness (QED) is 0.563. The molecular formula is C23H29N5O4S. The van der Waals surface area contributed by atoms with Gasteiger partial charge in [-0.05, 0) is 50.2 Å². The second kappa shape index (κ2) is 9.58. The third kappa shape index (κ3) is 4.64. The number of H-pyrrole nitrogens is 1. The van der Waals surface area contributed by atoms with Crippen molar-refractivity contribution in [2.75, 3.05) is 39.8 Å². The third-order valence-corrected chi connectivity index (χ3v) is 7.70. The summed E-state index contributed by atoms with van der Waals surface area (Å²) >= 11 is 0. The summed E-state index contributed by atoms with van der Waals surface area (Å²) in [5, 5.41) is 0. The lowest BCUT2D eigenvalue weighted by Gasteiger charge is -2.31. The number of fused-ring (bicyclic) bond motifs is 1. The predicted molar refractivity (Wildman–Crippen MR) is 127 cm³/mol. The lowest BCUT2D eigenvalue weighted by atomic mass is 10.1. The van der Waals surface area contributed by atoms with E-state index in [1.807, 2.05) is 20.0 Å². The van der Waals surface area contributed by atoms with Crippen molar-refractivity contribution in [3.05, 3.63) is 46.4 Å². The van der Waals surface area contributed by atoms with Crippen molar-refractivity contribution in [3.8, 4) is 17.1 Å². The van der Waals surface area contributed by atoms with E-state index in [0.717, 1.165) is 18.4 Å². The second-order valence-corrected chi connectivity index (χ2v) is 10.1. The molecule has 0 saturated carbocycles. The predicted octanol–water partition coefficient (Wildman–Crippen LogP) is 2.27. The van der Waals surface area contributed by atoms with E-state index in [4.69, 9.17) is 9.72 Å². The van der Waals surface area contributed by atoms with Gasteiger partial charge in [-0.2, -0.15) is 4.31 Å². The summed E-state index contributed by atoms with van der Waals surface area (Å²) in [4.78, 5) is 26.7. The van der Waals surface area contributed by atoms with E-state index >= 15 is 0 Å². The van der Waals surface area contributed by atoms with Crippen molar-refractivity contribution in [2.24, 2.45) is 0 Å². The Balaban J connectivity index is 1.85. The SMILES string of the molecule is CCCc1ccnc2c(=O)[nH]c(-c3cc(S(=O)(=O)N4CCN(C)CC4)ccc3OCC)nc12. The van der Waals surface area contributed by atoms with Gasteiger partial charge in [0.25, 0.3) is 5.56 Å². The number of benzene rings is 1. The molecule has 176 valence electrons. The minimum absolute atomic E-state index is 0.147. The molecule has 9 nitrogen and oxygen atoms in total. The monoisotopic (exact) mass is 471 g/mol. The highest BCUT2D eigenvalue weighted by atomic mass is 32.2. The number of hydrogen-bond donors (Lipinski definition) is 1. The number of likely N-dealkylation sites (N-methyl/N-ethyl adjacent to an activating group) is 1. The molecule has 2 aromatic heterocycles. The molecule has 0 bridgehead atoms. The fourth-order valence-corrected chi connectivity index (χ4v) is 5.45. The van der Waals surface area contributed by atoms with Crippen molar-refractivity contribution in [1.82, 2.24) is 24.2 Å². The van der Waals surface area contributed by atoms with Gasteiger partial charge >= 0.3 is 0 Å². The molecule has 10 heteroatoms. The Bertz CT molecular complexity index is 1310. The number of aromatic nitrogens is 3. The number of pyridine rings is 1. The third-order valence-electron chi connectivity index (χ3n) is 5.80. The number of nitrogens with zero attached hydrogens (tertiary/aromatic N) is 4. The van der Waals surface area contributed by atoms with Gasteiger partial charge in [-0.1, -0.05) is 13.3 Å². The topological polar surface area (TPSA) is 108 Å². The summed E-state index contributed by atoms with van der Waals surface area (Å²) in [7, 11) is -1.72.